The number of thioether (sulfide) groups is 1. The van der Waals surface area contributed by atoms with Gasteiger partial charge in [-0.15, -0.1) is 0 Å². The summed E-state index contributed by atoms with van der Waals surface area (Å²) in [5.74, 6) is -0.517. The number of para-hydroxylation sites is 1. The summed E-state index contributed by atoms with van der Waals surface area (Å²) >= 11 is 1.22. The number of nitrogens with zero attached hydrogens (tertiary/aromatic N) is 1. The molecule has 5 nitrogen and oxygen atoms in total. The predicted octanol–water partition coefficient (Wildman–Crippen LogP) is 3.14. The van der Waals surface area contributed by atoms with Gasteiger partial charge < -0.3 is 11.1 Å². The minimum absolute atomic E-state index is 0.151. The smallest absolute Gasteiger partial charge is 0.251 e. The van der Waals surface area contributed by atoms with Gasteiger partial charge in [-0.2, -0.15) is 0 Å². The Hall–Kier alpha value is -2.34. The lowest BCUT2D eigenvalue weighted by Gasteiger charge is -2.13. The van der Waals surface area contributed by atoms with Gasteiger partial charge in [0.05, 0.1) is 11.3 Å². The van der Waals surface area contributed by atoms with Crippen molar-refractivity contribution in [3.63, 3.8) is 0 Å². The third-order valence-corrected chi connectivity index (χ3v) is 4.94. The van der Waals surface area contributed by atoms with Crippen LogP contribution in [0.3, 0.4) is 0 Å². The number of rotatable bonds is 5. The number of carbonyl (C=O) groups is 2. The van der Waals surface area contributed by atoms with Crippen molar-refractivity contribution in [3.8, 4) is 0 Å². The van der Waals surface area contributed by atoms with E-state index in [0.29, 0.717) is 10.6 Å². The standard InChI is InChI=1S/C18H21N3O2S/c1-10-7-5-6-8-14(10)21-15(22)9-24-18-16(17(19)23)12(3)11(2)13(4)20-18/h5-8H,9H2,1-4H3,(H2,19,23)(H,21,22). The van der Waals surface area contributed by atoms with Crippen LogP contribution >= 0.6 is 11.8 Å². The number of anilines is 1. The minimum Gasteiger partial charge on any atom is -0.366 e. The Morgan fingerprint density at radius 2 is 1.79 bits per heavy atom. The van der Waals surface area contributed by atoms with Crippen LogP contribution in [-0.4, -0.2) is 22.6 Å². The zero-order chi connectivity index (χ0) is 17.9. The summed E-state index contributed by atoms with van der Waals surface area (Å²) in [6.45, 7) is 7.57. The number of primary amides is 1. The maximum atomic E-state index is 12.2. The number of benzene rings is 1. The van der Waals surface area contributed by atoms with Crippen LogP contribution in [0.4, 0.5) is 5.69 Å². The van der Waals surface area contributed by atoms with E-state index in [4.69, 9.17) is 5.73 Å². The fourth-order valence-electron chi connectivity index (χ4n) is 2.34. The number of carbonyl (C=O) groups excluding carboxylic acids is 2. The summed E-state index contributed by atoms with van der Waals surface area (Å²) < 4.78 is 0. The van der Waals surface area contributed by atoms with Crippen LogP contribution < -0.4 is 11.1 Å². The second-order valence-electron chi connectivity index (χ2n) is 5.64. The number of nitrogens with two attached hydrogens (primary N) is 1. The number of aromatic nitrogens is 1. The van der Waals surface area contributed by atoms with Crippen LogP contribution in [-0.2, 0) is 4.79 Å². The van der Waals surface area contributed by atoms with Crippen LogP contribution in [0.25, 0.3) is 0 Å². The number of aryl methyl sites for hydroxylation is 2. The maximum absolute atomic E-state index is 12.2. The Balaban J connectivity index is 2.16. The van der Waals surface area contributed by atoms with Crippen molar-refractivity contribution in [1.82, 2.24) is 4.98 Å². The third-order valence-electron chi connectivity index (χ3n) is 3.97. The molecule has 0 bridgehead atoms. The molecule has 0 radical (unpaired) electrons. The van der Waals surface area contributed by atoms with Crippen molar-refractivity contribution in [1.29, 1.82) is 0 Å². The van der Waals surface area contributed by atoms with Crippen LogP contribution in [0.2, 0.25) is 0 Å². The van der Waals surface area contributed by atoms with Crippen molar-refractivity contribution in [3.05, 3.63) is 52.2 Å². The highest BCUT2D eigenvalue weighted by Crippen LogP contribution is 2.27. The molecule has 0 aliphatic rings. The Labute approximate surface area is 146 Å². The second-order valence-corrected chi connectivity index (χ2v) is 6.61. The van der Waals surface area contributed by atoms with Gasteiger partial charge in [0, 0.05) is 11.4 Å². The number of amides is 2. The van der Waals surface area contributed by atoms with Gasteiger partial charge in [-0.05, 0) is 50.5 Å². The molecule has 126 valence electrons. The molecule has 0 unspecified atom stereocenters. The molecule has 2 rings (SSSR count). The van der Waals surface area contributed by atoms with Crippen molar-refractivity contribution in [2.75, 3.05) is 11.1 Å². The predicted molar refractivity (Wildman–Crippen MR) is 97.5 cm³/mol. The molecule has 0 aliphatic carbocycles. The summed E-state index contributed by atoms with van der Waals surface area (Å²) in [7, 11) is 0. The average molecular weight is 343 g/mol. The normalized spacial score (nSPS) is 10.5. The Bertz CT molecular complexity index is 803. The Morgan fingerprint density at radius 1 is 1.12 bits per heavy atom. The fourth-order valence-corrected chi connectivity index (χ4v) is 3.28. The SMILES string of the molecule is Cc1ccccc1NC(=O)CSc1nc(C)c(C)c(C)c1C(N)=O. The van der Waals surface area contributed by atoms with Gasteiger partial charge in [0.25, 0.3) is 5.91 Å². The van der Waals surface area contributed by atoms with Gasteiger partial charge in [0.1, 0.15) is 5.03 Å². The van der Waals surface area contributed by atoms with Gasteiger partial charge in [0.15, 0.2) is 0 Å². The molecule has 0 saturated carbocycles. The van der Waals surface area contributed by atoms with Gasteiger partial charge in [-0.25, -0.2) is 4.98 Å². The van der Waals surface area contributed by atoms with E-state index in [1.807, 2.05) is 52.0 Å². The molecule has 1 heterocycles. The minimum atomic E-state index is -0.523. The Morgan fingerprint density at radius 3 is 2.42 bits per heavy atom. The molecule has 0 aliphatic heterocycles. The van der Waals surface area contributed by atoms with E-state index in [0.717, 1.165) is 28.1 Å². The van der Waals surface area contributed by atoms with E-state index in [-0.39, 0.29) is 11.7 Å². The quantitative estimate of drug-likeness (QED) is 0.817. The molecule has 0 saturated heterocycles. The molecular formula is C18H21N3O2S. The van der Waals surface area contributed by atoms with E-state index in [1.165, 1.54) is 11.8 Å². The van der Waals surface area contributed by atoms with Crippen molar-refractivity contribution in [2.45, 2.75) is 32.7 Å². The molecule has 0 spiro atoms. The highest BCUT2D eigenvalue weighted by atomic mass is 32.2. The van der Waals surface area contributed by atoms with Crippen molar-refractivity contribution in [2.24, 2.45) is 5.73 Å². The lowest BCUT2D eigenvalue weighted by Crippen LogP contribution is -2.18. The zero-order valence-electron chi connectivity index (χ0n) is 14.3. The molecule has 1 aromatic carbocycles. The van der Waals surface area contributed by atoms with E-state index >= 15 is 0 Å². The first-order valence-electron chi connectivity index (χ1n) is 7.57. The van der Waals surface area contributed by atoms with E-state index in [9.17, 15) is 9.59 Å². The van der Waals surface area contributed by atoms with Crippen LogP contribution in [0.1, 0.15) is 32.7 Å². The molecule has 1 aromatic heterocycles. The summed E-state index contributed by atoms with van der Waals surface area (Å²) in [4.78, 5) is 28.4. The number of pyridine rings is 1. The van der Waals surface area contributed by atoms with Crippen LogP contribution in [0.5, 0.6) is 0 Å². The first-order chi connectivity index (χ1) is 11.3. The molecule has 0 fully saturated rings. The number of hydrogen-bond donors (Lipinski definition) is 2. The van der Waals surface area contributed by atoms with Crippen LogP contribution in [0, 0.1) is 27.7 Å². The molecule has 2 amide bonds. The summed E-state index contributed by atoms with van der Waals surface area (Å²) in [5, 5.41) is 3.37. The van der Waals surface area contributed by atoms with Crippen molar-refractivity contribution < 1.29 is 9.59 Å². The Kier molecular flexibility index (Phi) is 5.62. The molecule has 0 atom stereocenters. The van der Waals surface area contributed by atoms with Gasteiger partial charge in [-0.1, -0.05) is 30.0 Å². The molecule has 3 N–H and O–H groups in total. The summed E-state index contributed by atoms with van der Waals surface area (Å²) in [6, 6.07) is 7.57. The maximum Gasteiger partial charge on any atom is 0.251 e. The second kappa shape index (κ2) is 7.49. The van der Waals surface area contributed by atoms with Crippen LogP contribution in [0.15, 0.2) is 29.3 Å². The third kappa shape index (κ3) is 3.94. The highest BCUT2D eigenvalue weighted by molar-refractivity contribution is 8.00. The number of nitrogens with one attached hydrogen (secondary N) is 1. The average Bonchev–Trinajstić information content (AvgIpc) is 2.52. The largest absolute Gasteiger partial charge is 0.366 e. The van der Waals surface area contributed by atoms with Gasteiger partial charge in [0.2, 0.25) is 5.91 Å². The first kappa shape index (κ1) is 18.0. The summed E-state index contributed by atoms with van der Waals surface area (Å²) in [5.41, 5.74) is 10.3. The fraction of sp³-hybridized carbons (Fsp3) is 0.278. The molecule has 2 aromatic rings. The lowest BCUT2D eigenvalue weighted by atomic mass is 10.0. The zero-order valence-corrected chi connectivity index (χ0v) is 15.1. The number of hydrogen-bond acceptors (Lipinski definition) is 4. The van der Waals surface area contributed by atoms with Crippen molar-refractivity contribution >= 4 is 29.3 Å². The van der Waals surface area contributed by atoms with E-state index < -0.39 is 5.91 Å². The summed E-state index contributed by atoms with van der Waals surface area (Å²) in [6.07, 6.45) is 0. The first-order valence-corrected chi connectivity index (χ1v) is 8.55. The molecule has 6 heteroatoms. The molecular weight excluding hydrogens is 322 g/mol. The van der Waals surface area contributed by atoms with Gasteiger partial charge in [-0.3, -0.25) is 9.59 Å². The van der Waals surface area contributed by atoms with Gasteiger partial charge >= 0.3 is 0 Å². The molecule has 24 heavy (non-hydrogen) atoms. The lowest BCUT2D eigenvalue weighted by molar-refractivity contribution is -0.113. The highest BCUT2D eigenvalue weighted by Gasteiger charge is 2.18. The van der Waals surface area contributed by atoms with E-state index in [1.54, 1.807) is 0 Å². The van der Waals surface area contributed by atoms with E-state index in [2.05, 4.69) is 10.3 Å². The monoisotopic (exact) mass is 343 g/mol. The topological polar surface area (TPSA) is 85.1 Å².